The van der Waals surface area contributed by atoms with Crippen molar-refractivity contribution in [2.24, 2.45) is 0 Å². The van der Waals surface area contributed by atoms with Gasteiger partial charge in [0.15, 0.2) is 0 Å². The fourth-order valence-electron chi connectivity index (χ4n) is 1.64. The summed E-state index contributed by atoms with van der Waals surface area (Å²) in [6, 6.07) is 3.56. The third-order valence-electron chi connectivity index (χ3n) is 2.65. The molecule has 0 bridgehead atoms. The van der Waals surface area contributed by atoms with Gasteiger partial charge in [-0.15, -0.1) is 0 Å². The van der Waals surface area contributed by atoms with Gasteiger partial charge in [0, 0.05) is 5.25 Å². The van der Waals surface area contributed by atoms with Crippen molar-refractivity contribution in [3.63, 3.8) is 0 Å². The Labute approximate surface area is 101 Å². The quantitative estimate of drug-likeness (QED) is 0.608. The predicted octanol–water partition coefficient (Wildman–Crippen LogP) is 1.72. The maximum Gasteiger partial charge on any atom is 0.118 e. The molecule has 4 heteroatoms. The molecular formula is C12H18O3S. The monoisotopic (exact) mass is 242 g/mol. The Hall–Kier alpha value is -0.710. The van der Waals surface area contributed by atoms with Gasteiger partial charge in [-0.3, -0.25) is 0 Å². The molecule has 2 unspecified atom stereocenters. The van der Waals surface area contributed by atoms with Gasteiger partial charge in [0.05, 0.1) is 12.7 Å². The van der Waals surface area contributed by atoms with Crippen molar-refractivity contribution in [3.8, 4) is 5.75 Å². The first-order valence-corrected chi connectivity index (χ1v) is 5.74. The Balaban J connectivity index is 2.91. The van der Waals surface area contributed by atoms with Crippen molar-refractivity contribution >= 4 is 12.6 Å². The van der Waals surface area contributed by atoms with Crippen LogP contribution in [-0.2, 0) is 0 Å². The first-order chi connectivity index (χ1) is 7.45. The van der Waals surface area contributed by atoms with E-state index in [1.54, 1.807) is 6.07 Å². The fraction of sp³-hybridized carbons (Fsp3) is 0.500. The summed E-state index contributed by atoms with van der Waals surface area (Å²) in [4.78, 5) is 0. The smallest absolute Gasteiger partial charge is 0.118 e. The van der Waals surface area contributed by atoms with Gasteiger partial charge in [-0.05, 0) is 43.0 Å². The summed E-state index contributed by atoms with van der Waals surface area (Å²) in [5, 5.41) is 27.5. The van der Waals surface area contributed by atoms with E-state index in [1.807, 2.05) is 19.9 Å². The van der Waals surface area contributed by atoms with Gasteiger partial charge in [0.2, 0.25) is 0 Å². The Morgan fingerprint density at radius 3 is 2.44 bits per heavy atom. The number of aryl methyl sites for hydroxylation is 2. The van der Waals surface area contributed by atoms with E-state index in [9.17, 15) is 10.2 Å². The highest BCUT2D eigenvalue weighted by atomic mass is 32.1. The zero-order valence-corrected chi connectivity index (χ0v) is 10.4. The highest BCUT2D eigenvalue weighted by molar-refractivity contribution is 7.80. The number of phenols is 1. The Morgan fingerprint density at radius 2 is 1.88 bits per heavy atom. The zero-order valence-electron chi connectivity index (χ0n) is 9.51. The van der Waals surface area contributed by atoms with Crippen LogP contribution in [0.5, 0.6) is 5.75 Å². The lowest BCUT2D eigenvalue weighted by molar-refractivity contribution is 0.0880. The number of aromatic hydroxyl groups is 1. The molecule has 0 spiro atoms. The lowest BCUT2D eigenvalue weighted by atomic mass is 9.98. The molecule has 2 atom stereocenters. The predicted molar refractivity (Wildman–Crippen MR) is 67.0 cm³/mol. The Kier molecular flexibility index (Phi) is 4.65. The molecule has 16 heavy (non-hydrogen) atoms. The van der Waals surface area contributed by atoms with Crippen LogP contribution in [-0.4, -0.2) is 28.0 Å². The van der Waals surface area contributed by atoms with E-state index in [1.165, 1.54) is 0 Å². The highest BCUT2D eigenvalue weighted by Gasteiger charge is 2.15. The number of aliphatic hydroxyl groups excluding tert-OH is 2. The number of rotatable bonds is 4. The van der Waals surface area contributed by atoms with Crippen LogP contribution >= 0.6 is 12.6 Å². The SMILES string of the molecule is Cc1cc(C(S)CC(O)CO)c(C)cc1O. The molecule has 3 nitrogen and oxygen atoms in total. The van der Waals surface area contributed by atoms with Gasteiger partial charge in [0.25, 0.3) is 0 Å². The van der Waals surface area contributed by atoms with E-state index in [4.69, 9.17) is 5.11 Å². The van der Waals surface area contributed by atoms with E-state index >= 15 is 0 Å². The second-order valence-electron chi connectivity index (χ2n) is 4.08. The molecule has 0 fully saturated rings. The number of benzene rings is 1. The fourth-order valence-corrected chi connectivity index (χ4v) is 2.16. The summed E-state index contributed by atoms with van der Waals surface area (Å²) >= 11 is 4.41. The maximum atomic E-state index is 9.52. The second kappa shape index (κ2) is 5.57. The van der Waals surface area contributed by atoms with Gasteiger partial charge in [-0.1, -0.05) is 6.07 Å². The number of hydrogen-bond acceptors (Lipinski definition) is 4. The summed E-state index contributed by atoms with van der Waals surface area (Å²) in [7, 11) is 0. The van der Waals surface area contributed by atoms with Gasteiger partial charge in [-0.2, -0.15) is 12.6 Å². The number of hydrogen-bond donors (Lipinski definition) is 4. The topological polar surface area (TPSA) is 60.7 Å². The molecule has 90 valence electrons. The van der Waals surface area contributed by atoms with Gasteiger partial charge in [-0.25, -0.2) is 0 Å². The number of aliphatic hydroxyl groups is 2. The second-order valence-corrected chi connectivity index (χ2v) is 4.71. The largest absolute Gasteiger partial charge is 0.508 e. The molecule has 1 aromatic rings. The van der Waals surface area contributed by atoms with Crippen molar-refractivity contribution < 1.29 is 15.3 Å². The molecular weight excluding hydrogens is 224 g/mol. The molecule has 1 aromatic carbocycles. The minimum absolute atomic E-state index is 0.138. The summed E-state index contributed by atoms with van der Waals surface area (Å²) in [5.74, 6) is 0.268. The van der Waals surface area contributed by atoms with Crippen LogP contribution < -0.4 is 0 Å². The van der Waals surface area contributed by atoms with E-state index < -0.39 is 6.10 Å². The van der Waals surface area contributed by atoms with Crippen LogP contribution in [0.2, 0.25) is 0 Å². The lowest BCUT2D eigenvalue weighted by Gasteiger charge is -2.17. The molecule has 0 amide bonds. The minimum atomic E-state index is -0.754. The first kappa shape index (κ1) is 13.4. The lowest BCUT2D eigenvalue weighted by Crippen LogP contribution is -2.14. The van der Waals surface area contributed by atoms with Gasteiger partial charge < -0.3 is 15.3 Å². The third-order valence-corrected chi connectivity index (χ3v) is 3.14. The highest BCUT2D eigenvalue weighted by Crippen LogP contribution is 2.31. The van der Waals surface area contributed by atoms with Gasteiger partial charge >= 0.3 is 0 Å². The van der Waals surface area contributed by atoms with Crippen LogP contribution in [0.1, 0.15) is 28.4 Å². The van der Waals surface area contributed by atoms with Crippen molar-refractivity contribution in [2.45, 2.75) is 31.6 Å². The van der Waals surface area contributed by atoms with Crippen LogP contribution in [0.3, 0.4) is 0 Å². The van der Waals surface area contributed by atoms with Gasteiger partial charge in [0.1, 0.15) is 5.75 Å². The van der Waals surface area contributed by atoms with Crippen LogP contribution in [0.15, 0.2) is 12.1 Å². The minimum Gasteiger partial charge on any atom is -0.508 e. The average molecular weight is 242 g/mol. The van der Waals surface area contributed by atoms with E-state index in [0.29, 0.717) is 6.42 Å². The Morgan fingerprint density at radius 1 is 1.25 bits per heavy atom. The van der Waals surface area contributed by atoms with Crippen LogP contribution in [0, 0.1) is 13.8 Å². The molecule has 0 aliphatic rings. The summed E-state index contributed by atoms with van der Waals surface area (Å²) in [6.07, 6.45) is -0.360. The van der Waals surface area contributed by atoms with Crippen molar-refractivity contribution in [2.75, 3.05) is 6.61 Å². The van der Waals surface area contributed by atoms with Crippen molar-refractivity contribution in [1.82, 2.24) is 0 Å². The third kappa shape index (κ3) is 3.14. The molecule has 0 radical (unpaired) electrons. The number of thiol groups is 1. The average Bonchev–Trinajstić information content (AvgIpc) is 2.23. The van der Waals surface area contributed by atoms with Crippen LogP contribution in [0.4, 0.5) is 0 Å². The molecule has 1 rings (SSSR count). The molecule has 0 aromatic heterocycles. The first-order valence-electron chi connectivity index (χ1n) is 5.22. The molecule has 3 N–H and O–H groups in total. The van der Waals surface area contributed by atoms with Crippen LogP contribution in [0.25, 0.3) is 0 Å². The maximum absolute atomic E-state index is 9.52. The van der Waals surface area contributed by atoms with E-state index in [0.717, 1.165) is 16.7 Å². The van der Waals surface area contributed by atoms with E-state index in [2.05, 4.69) is 12.6 Å². The zero-order chi connectivity index (χ0) is 12.3. The molecule has 0 aliphatic carbocycles. The normalized spacial score (nSPS) is 14.8. The summed E-state index contributed by atoms with van der Waals surface area (Å²) < 4.78 is 0. The standard InChI is InChI=1S/C12H18O3S/c1-7-4-11(15)8(2)3-10(7)12(16)5-9(14)6-13/h3-4,9,12-16H,5-6H2,1-2H3. The Bertz CT molecular complexity index is 366. The summed E-state index contributed by atoms with van der Waals surface area (Å²) in [6.45, 7) is 3.46. The molecule has 0 heterocycles. The molecule has 0 aliphatic heterocycles. The van der Waals surface area contributed by atoms with E-state index in [-0.39, 0.29) is 17.6 Å². The van der Waals surface area contributed by atoms with Crippen molar-refractivity contribution in [3.05, 3.63) is 28.8 Å². The number of phenolic OH excluding ortho intramolecular Hbond substituents is 1. The molecule has 0 saturated carbocycles. The molecule has 0 saturated heterocycles. The summed E-state index contributed by atoms with van der Waals surface area (Å²) in [5.41, 5.74) is 2.71. The van der Waals surface area contributed by atoms with Crippen molar-refractivity contribution in [1.29, 1.82) is 0 Å².